The summed E-state index contributed by atoms with van der Waals surface area (Å²) in [4.78, 5) is 6.87. The first-order valence-electron chi connectivity index (χ1n) is 5.72. The van der Waals surface area contributed by atoms with E-state index in [4.69, 9.17) is 0 Å². The van der Waals surface area contributed by atoms with Crippen LogP contribution in [0.2, 0.25) is 0 Å². The van der Waals surface area contributed by atoms with Gasteiger partial charge in [0.1, 0.15) is 0 Å². The summed E-state index contributed by atoms with van der Waals surface area (Å²) in [6.45, 7) is 7.61. The van der Waals surface area contributed by atoms with E-state index < -0.39 is 0 Å². The van der Waals surface area contributed by atoms with Crippen molar-refractivity contribution in [2.75, 3.05) is 13.1 Å². The standard InChI is InChI=1S/C12H18BrN3.ClH/c1-9-6-16(7-10(2)15-9)8-12-4-3-11(13)5-14-12;/h3-5,9-10,15H,6-8H2,1-2H3;1H. The van der Waals surface area contributed by atoms with Gasteiger partial charge in [0.15, 0.2) is 0 Å². The molecule has 2 unspecified atom stereocenters. The fourth-order valence-corrected chi connectivity index (χ4v) is 2.53. The first-order chi connectivity index (χ1) is 7.63. The van der Waals surface area contributed by atoms with Gasteiger partial charge in [-0.1, -0.05) is 0 Å². The maximum absolute atomic E-state index is 4.41. The molecule has 0 saturated carbocycles. The van der Waals surface area contributed by atoms with Gasteiger partial charge in [0.05, 0.1) is 5.69 Å². The Morgan fingerprint density at radius 2 is 2.00 bits per heavy atom. The molecule has 0 aromatic carbocycles. The van der Waals surface area contributed by atoms with E-state index in [-0.39, 0.29) is 12.4 Å². The zero-order valence-corrected chi connectivity index (χ0v) is 12.6. The minimum atomic E-state index is 0. The van der Waals surface area contributed by atoms with Crippen LogP contribution in [-0.2, 0) is 6.54 Å². The summed E-state index contributed by atoms with van der Waals surface area (Å²) in [7, 11) is 0. The van der Waals surface area contributed by atoms with Crippen LogP contribution in [0.4, 0.5) is 0 Å². The van der Waals surface area contributed by atoms with E-state index in [1.807, 2.05) is 6.20 Å². The summed E-state index contributed by atoms with van der Waals surface area (Å²) in [6, 6.07) is 5.28. The molecule has 96 valence electrons. The zero-order chi connectivity index (χ0) is 11.5. The number of hydrogen-bond acceptors (Lipinski definition) is 3. The van der Waals surface area contributed by atoms with Crippen molar-refractivity contribution >= 4 is 28.3 Å². The van der Waals surface area contributed by atoms with Crippen molar-refractivity contribution < 1.29 is 0 Å². The molecular weight excluding hydrogens is 302 g/mol. The third-order valence-electron chi connectivity index (χ3n) is 2.81. The van der Waals surface area contributed by atoms with Gasteiger partial charge in [0.2, 0.25) is 0 Å². The normalized spacial score (nSPS) is 25.4. The Labute approximate surface area is 118 Å². The lowest BCUT2D eigenvalue weighted by Crippen LogP contribution is -2.53. The molecule has 2 atom stereocenters. The molecule has 2 rings (SSSR count). The van der Waals surface area contributed by atoms with Crippen molar-refractivity contribution in [3.63, 3.8) is 0 Å². The molecule has 2 heterocycles. The van der Waals surface area contributed by atoms with Crippen molar-refractivity contribution in [2.45, 2.75) is 32.5 Å². The zero-order valence-electron chi connectivity index (χ0n) is 10.2. The monoisotopic (exact) mass is 319 g/mol. The topological polar surface area (TPSA) is 28.2 Å². The molecule has 1 N–H and O–H groups in total. The van der Waals surface area contributed by atoms with E-state index in [9.17, 15) is 0 Å². The second-order valence-corrected chi connectivity index (χ2v) is 5.55. The average Bonchev–Trinajstić information content (AvgIpc) is 2.20. The highest BCUT2D eigenvalue weighted by molar-refractivity contribution is 9.10. The minimum Gasteiger partial charge on any atom is -0.309 e. The average molecular weight is 321 g/mol. The molecule has 1 saturated heterocycles. The Bertz CT molecular complexity index is 334. The number of piperazine rings is 1. The van der Waals surface area contributed by atoms with Gasteiger partial charge in [0.25, 0.3) is 0 Å². The summed E-state index contributed by atoms with van der Waals surface area (Å²) in [5.41, 5.74) is 1.14. The highest BCUT2D eigenvalue weighted by atomic mass is 79.9. The van der Waals surface area contributed by atoms with E-state index in [1.54, 1.807) is 0 Å². The van der Waals surface area contributed by atoms with Crippen LogP contribution in [0.5, 0.6) is 0 Å². The lowest BCUT2D eigenvalue weighted by molar-refractivity contribution is 0.165. The molecule has 17 heavy (non-hydrogen) atoms. The Morgan fingerprint density at radius 3 is 2.53 bits per heavy atom. The first-order valence-corrected chi connectivity index (χ1v) is 6.51. The first kappa shape index (κ1) is 14.9. The smallest absolute Gasteiger partial charge is 0.0544 e. The molecule has 0 radical (unpaired) electrons. The number of pyridine rings is 1. The van der Waals surface area contributed by atoms with E-state index in [0.29, 0.717) is 12.1 Å². The molecule has 0 spiro atoms. The Morgan fingerprint density at radius 1 is 1.35 bits per heavy atom. The van der Waals surface area contributed by atoms with Crippen LogP contribution in [0.1, 0.15) is 19.5 Å². The lowest BCUT2D eigenvalue weighted by atomic mass is 10.1. The predicted octanol–water partition coefficient (Wildman–Crippen LogP) is 2.45. The molecule has 3 nitrogen and oxygen atoms in total. The van der Waals surface area contributed by atoms with E-state index in [1.165, 1.54) is 0 Å². The molecular formula is C12H19BrClN3. The van der Waals surface area contributed by atoms with Gasteiger partial charge < -0.3 is 5.32 Å². The Hall–Kier alpha value is -0.160. The largest absolute Gasteiger partial charge is 0.309 e. The number of rotatable bonds is 2. The number of nitrogens with zero attached hydrogens (tertiary/aromatic N) is 2. The van der Waals surface area contributed by atoms with Crippen molar-refractivity contribution in [1.29, 1.82) is 0 Å². The predicted molar refractivity (Wildman–Crippen MR) is 76.5 cm³/mol. The fourth-order valence-electron chi connectivity index (χ4n) is 2.30. The van der Waals surface area contributed by atoms with Crippen molar-refractivity contribution in [3.8, 4) is 0 Å². The summed E-state index contributed by atoms with van der Waals surface area (Å²) < 4.78 is 1.04. The van der Waals surface area contributed by atoms with Crippen LogP contribution >= 0.6 is 28.3 Å². The van der Waals surface area contributed by atoms with E-state index in [0.717, 1.165) is 29.8 Å². The second kappa shape index (κ2) is 6.69. The Balaban J connectivity index is 0.00000144. The summed E-state index contributed by atoms with van der Waals surface area (Å²) >= 11 is 3.40. The molecule has 0 aliphatic carbocycles. The number of halogens is 2. The summed E-state index contributed by atoms with van der Waals surface area (Å²) in [5.74, 6) is 0. The maximum atomic E-state index is 4.41. The quantitative estimate of drug-likeness (QED) is 0.907. The van der Waals surface area contributed by atoms with Crippen LogP contribution in [0.3, 0.4) is 0 Å². The van der Waals surface area contributed by atoms with Gasteiger partial charge in [-0.25, -0.2) is 0 Å². The molecule has 1 aliphatic heterocycles. The van der Waals surface area contributed by atoms with Gasteiger partial charge in [0, 0.05) is 42.4 Å². The van der Waals surface area contributed by atoms with Crippen LogP contribution in [0, 0.1) is 0 Å². The van der Waals surface area contributed by atoms with Crippen molar-refractivity contribution in [3.05, 3.63) is 28.5 Å². The van der Waals surface area contributed by atoms with Gasteiger partial charge in [-0.3, -0.25) is 9.88 Å². The van der Waals surface area contributed by atoms with Crippen LogP contribution in [-0.4, -0.2) is 35.1 Å². The number of hydrogen-bond donors (Lipinski definition) is 1. The Kier molecular flexibility index (Phi) is 5.86. The number of nitrogens with one attached hydrogen (secondary N) is 1. The molecule has 0 bridgehead atoms. The van der Waals surface area contributed by atoms with Crippen molar-refractivity contribution in [1.82, 2.24) is 15.2 Å². The van der Waals surface area contributed by atoms with Gasteiger partial charge in [-0.05, 0) is 41.9 Å². The highest BCUT2D eigenvalue weighted by Crippen LogP contribution is 2.11. The fraction of sp³-hybridized carbons (Fsp3) is 0.583. The van der Waals surface area contributed by atoms with E-state index >= 15 is 0 Å². The molecule has 0 amide bonds. The van der Waals surface area contributed by atoms with Gasteiger partial charge >= 0.3 is 0 Å². The van der Waals surface area contributed by atoms with Crippen molar-refractivity contribution in [2.24, 2.45) is 0 Å². The third kappa shape index (κ3) is 4.54. The van der Waals surface area contributed by atoms with Crippen LogP contribution < -0.4 is 5.32 Å². The lowest BCUT2D eigenvalue weighted by Gasteiger charge is -2.35. The number of aromatic nitrogens is 1. The SMILES string of the molecule is CC1CN(Cc2ccc(Br)cn2)CC(C)N1.Cl. The molecule has 1 fully saturated rings. The van der Waals surface area contributed by atoms with Gasteiger partial charge in [-0.15, -0.1) is 12.4 Å². The summed E-state index contributed by atoms with van der Waals surface area (Å²) in [5, 5.41) is 3.53. The van der Waals surface area contributed by atoms with Crippen LogP contribution in [0.15, 0.2) is 22.8 Å². The molecule has 5 heteroatoms. The molecule has 1 aromatic rings. The second-order valence-electron chi connectivity index (χ2n) is 4.63. The van der Waals surface area contributed by atoms with E-state index in [2.05, 4.69) is 57.1 Å². The molecule has 1 aromatic heterocycles. The third-order valence-corrected chi connectivity index (χ3v) is 3.28. The summed E-state index contributed by atoms with van der Waals surface area (Å²) in [6.07, 6.45) is 1.87. The minimum absolute atomic E-state index is 0. The molecule has 1 aliphatic rings. The van der Waals surface area contributed by atoms with Crippen LogP contribution in [0.25, 0.3) is 0 Å². The maximum Gasteiger partial charge on any atom is 0.0544 e. The highest BCUT2D eigenvalue weighted by Gasteiger charge is 2.20. The van der Waals surface area contributed by atoms with Gasteiger partial charge in [-0.2, -0.15) is 0 Å².